The van der Waals surface area contributed by atoms with E-state index in [0.717, 1.165) is 19.4 Å². The summed E-state index contributed by atoms with van der Waals surface area (Å²) in [5.74, 6) is -0.207. The molecule has 0 aliphatic carbocycles. The zero-order chi connectivity index (χ0) is 14.8. The van der Waals surface area contributed by atoms with E-state index in [0.29, 0.717) is 22.2 Å². The van der Waals surface area contributed by atoms with Gasteiger partial charge in [-0.05, 0) is 38.4 Å². The van der Waals surface area contributed by atoms with Crippen molar-refractivity contribution in [1.82, 2.24) is 10.0 Å². The third-order valence-electron chi connectivity index (χ3n) is 3.54. The molecule has 0 unspecified atom stereocenters. The second-order valence-electron chi connectivity index (χ2n) is 5.37. The minimum Gasteiger partial charge on any atom is -0.310 e. The molecule has 0 amide bonds. The first-order chi connectivity index (χ1) is 9.31. The minimum absolute atomic E-state index is 0.169. The molecule has 1 heterocycles. The summed E-state index contributed by atoms with van der Waals surface area (Å²) in [6, 6.07) is 4.97. The second kappa shape index (κ2) is 6.20. The van der Waals surface area contributed by atoms with Crippen molar-refractivity contribution in [2.75, 3.05) is 13.1 Å². The van der Waals surface area contributed by atoms with Crippen LogP contribution < -0.4 is 10.0 Å². The number of hydrogen-bond acceptors (Lipinski definition) is 3. The van der Waals surface area contributed by atoms with Gasteiger partial charge in [0.05, 0.1) is 5.75 Å². The van der Waals surface area contributed by atoms with Gasteiger partial charge in [0.2, 0.25) is 10.0 Å². The van der Waals surface area contributed by atoms with E-state index in [9.17, 15) is 8.42 Å². The third kappa shape index (κ3) is 4.09. The van der Waals surface area contributed by atoms with Crippen molar-refractivity contribution in [2.45, 2.75) is 31.1 Å². The van der Waals surface area contributed by atoms with Crippen molar-refractivity contribution >= 4 is 33.2 Å². The van der Waals surface area contributed by atoms with Crippen molar-refractivity contribution in [1.29, 1.82) is 0 Å². The van der Waals surface area contributed by atoms with Gasteiger partial charge in [0.1, 0.15) is 0 Å². The molecule has 0 saturated carbocycles. The quantitative estimate of drug-likeness (QED) is 0.868. The molecule has 2 rings (SSSR count). The average Bonchev–Trinajstić information content (AvgIpc) is 2.80. The van der Waals surface area contributed by atoms with E-state index in [2.05, 4.69) is 10.0 Å². The number of rotatable bonds is 5. The monoisotopic (exact) mass is 336 g/mol. The minimum atomic E-state index is -3.46. The summed E-state index contributed by atoms with van der Waals surface area (Å²) < 4.78 is 26.9. The van der Waals surface area contributed by atoms with Crippen LogP contribution in [-0.2, 0) is 15.8 Å². The van der Waals surface area contributed by atoms with Crippen LogP contribution in [-0.4, -0.2) is 27.0 Å². The van der Waals surface area contributed by atoms with Crippen LogP contribution in [0.5, 0.6) is 0 Å². The van der Waals surface area contributed by atoms with E-state index >= 15 is 0 Å². The smallest absolute Gasteiger partial charge is 0.215 e. The summed E-state index contributed by atoms with van der Waals surface area (Å²) in [6.45, 7) is 3.32. The first kappa shape index (κ1) is 16.0. The van der Waals surface area contributed by atoms with Crippen molar-refractivity contribution in [3.63, 3.8) is 0 Å². The second-order valence-corrected chi connectivity index (χ2v) is 7.99. The predicted octanol–water partition coefficient (Wildman–Crippen LogP) is 2.55. The van der Waals surface area contributed by atoms with Gasteiger partial charge < -0.3 is 5.32 Å². The molecule has 20 heavy (non-hydrogen) atoms. The molecular weight excluding hydrogens is 319 g/mol. The first-order valence-electron chi connectivity index (χ1n) is 6.47. The average molecular weight is 337 g/mol. The van der Waals surface area contributed by atoms with E-state index in [1.807, 2.05) is 6.92 Å². The van der Waals surface area contributed by atoms with Crippen molar-refractivity contribution in [3.8, 4) is 0 Å². The lowest BCUT2D eigenvalue weighted by Gasteiger charge is -2.24. The molecular formula is C13H18Cl2N2O2S. The number of nitrogens with one attached hydrogen (secondary N) is 2. The molecule has 1 fully saturated rings. The van der Waals surface area contributed by atoms with Gasteiger partial charge in [-0.25, -0.2) is 13.1 Å². The van der Waals surface area contributed by atoms with E-state index in [-0.39, 0.29) is 11.3 Å². The van der Waals surface area contributed by atoms with Crippen molar-refractivity contribution in [3.05, 3.63) is 33.8 Å². The largest absolute Gasteiger partial charge is 0.310 e. The fraction of sp³-hybridized carbons (Fsp3) is 0.538. The Hall–Kier alpha value is -0.330. The Balaban J connectivity index is 2.04. The van der Waals surface area contributed by atoms with E-state index in [1.165, 1.54) is 0 Å². The molecule has 2 N–H and O–H groups in total. The topological polar surface area (TPSA) is 58.2 Å². The van der Waals surface area contributed by atoms with Crippen LogP contribution in [0.15, 0.2) is 18.2 Å². The third-order valence-corrected chi connectivity index (χ3v) is 5.50. The Morgan fingerprint density at radius 1 is 1.35 bits per heavy atom. The Labute approximate surface area is 129 Å². The van der Waals surface area contributed by atoms with Gasteiger partial charge in [-0.1, -0.05) is 29.3 Å². The molecule has 1 aromatic carbocycles. The van der Waals surface area contributed by atoms with Gasteiger partial charge in [0, 0.05) is 27.7 Å². The van der Waals surface area contributed by atoms with Crippen LogP contribution in [0.25, 0.3) is 0 Å². The lowest BCUT2D eigenvalue weighted by Crippen LogP contribution is -2.47. The van der Waals surface area contributed by atoms with Crippen LogP contribution in [0.3, 0.4) is 0 Å². The highest BCUT2D eigenvalue weighted by atomic mass is 35.5. The molecule has 1 aliphatic heterocycles. The molecule has 1 atom stereocenters. The lowest BCUT2D eigenvalue weighted by atomic mass is 10.0. The molecule has 1 aliphatic rings. The first-order valence-corrected chi connectivity index (χ1v) is 8.87. The molecule has 0 bridgehead atoms. The molecule has 112 valence electrons. The fourth-order valence-electron chi connectivity index (χ4n) is 2.29. The lowest BCUT2D eigenvalue weighted by molar-refractivity contribution is 0.409. The van der Waals surface area contributed by atoms with E-state index in [4.69, 9.17) is 23.2 Å². The maximum atomic E-state index is 12.1. The highest BCUT2D eigenvalue weighted by Crippen LogP contribution is 2.26. The van der Waals surface area contributed by atoms with Crippen molar-refractivity contribution in [2.24, 2.45) is 0 Å². The van der Waals surface area contributed by atoms with E-state index in [1.54, 1.807) is 18.2 Å². The summed E-state index contributed by atoms with van der Waals surface area (Å²) in [5, 5.41) is 4.05. The molecule has 0 radical (unpaired) electrons. The summed E-state index contributed by atoms with van der Waals surface area (Å²) in [4.78, 5) is 0. The summed E-state index contributed by atoms with van der Waals surface area (Å²) in [7, 11) is -3.46. The number of benzene rings is 1. The number of hydrogen-bond donors (Lipinski definition) is 2. The van der Waals surface area contributed by atoms with Gasteiger partial charge in [0.15, 0.2) is 0 Å². The Morgan fingerprint density at radius 2 is 2.00 bits per heavy atom. The highest BCUT2D eigenvalue weighted by molar-refractivity contribution is 7.88. The van der Waals surface area contributed by atoms with Crippen molar-refractivity contribution < 1.29 is 8.42 Å². The van der Waals surface area contributed by atoms with Crippen LogP contribution in [0, 0.1) is 0 Å². The van der Waals surface area contributed by atoms with Gasteiger partial charge in [-0.15, -0.1) is 0 Å². The van der Waals surface area contributed by atoms with Crippen LogP contribution in [0.1, 0.15) is 25.3 Å². The van der Waals surface area contributed by atoms with Gasteiger partial charge in [-0.2, -0.15) is 0 Å². The standard InChI is InChI=1S/C13H18Cl2N2O2S/c1-13(6-3-7-16-13)9-17-20(18,19)8-10-11(14)4-2-5-12(10)15/h2,4-5,16-17H,3,6-9H2,1H3/t13-/m0/s1. The maximum Gasteiger partial charge on any atom is 0.215 e. The molecule has 4 nitrogen and oxygen atoms in total. The molecule has 1 saturated heterocycles. The number of sulfonamides is 1. The summed E-state index contributed by atoms with van der Waals surface area (Å²) >= 11 is 12.0. The van der Waals surface area contributed by atoms with Gasteiger partial charge in [0.25, 0.3) is 0 Å². The zero-order valence-electron chi connectivity index (χ0n) is 11.2. The van der Waals surface area contributed by atoms with Crippen LogP contribution >= 0.6 is 23.2 Å². The van der Waals surface area contributed by atoms with Gasteiger partial charge in [-0.3, -0.25) is 0 Å². The SMILES string of the molecule is C[C@@]1(CNS(=O)(=O)Cc2c(Cl)cccc2Cl)CCCN1. The van der Waals surface area contributed by atoms with E-state index < -0.39 is 10.0 Å². The normalized spacial score (nSPS) is 23.1. The van der Waals surface area contributed by atoms with Crippen LogP contribution in [0.4, 0.5) is 0 Å². The predicted molar refractivity (Wildman–Crippen MR) is 82.7 cm³/mol. The molecule has 7 heteroatoms. The molecule has 1 aromatic rings. The fourth-order valence-corrected chi connectivity index (χ4v) is 4.31. The zero-order valence-corrected chi connectivity index (χ0v) is 13.6. The Kier molecular flexibility index (Phi) is 4.97. The summed E-state index contributed by atoms with van der Waals surface area (Å²) in [5.41, 5.74) is 0.269. The summed E-state index contributed by atoms with van der Waals surface area (Å²) in [6.07, 6.45) is 2.02. The number of halogens is 2. The Bertz CT molecular complexity index is 564. The van der Waals surface area contributed by atoms with Gasteiger partial charge >= 0.3 is 0 Å². The maximum absolute atomic E-state index is 12.1. The molecule has 0 aromatic heterocycles. The Morgan fingerprint density at radius 3 is 2.55 bits per heavy atom. The van der Waals surface area contributed by atoms with Crippen LogP contribution in [0.2, 0.25) is 10.0 Å². The highest BCUT2D eigenvalue weighted by Gasteiger charge is 2.29. The molecule has 0 spiro atoms.